The average Bonchev–Trinajstić information content (AvgIpc) is 2.68. The topological polar surface area (TPSA) is 70.1 Å². The van der Waals surface area contributed by atoms with Crippen LogP contribution in [0.3, 0.4) is 0 Å². The van der Waals surface area contributed by atoms with Gasteiger partial charge in [0.05, 0.1) is 18.2 Å². The lowest BCUT2D eigenvalue weighted by Gasteiger charge is -2.70. The van der Waals surface area contributed by atoms with E-state index in [1.54, 1.807) is 9.80 Å². The second-order valence-corrected chi connectivity index (χ2v) is 7.61. The molecule has 2 aromatic rings. The molecule has 7 heteroatoms. The van der Waals surface area contributed by atoms with Crippen molar-refractivity contribution in [1.82, 2.24) is 9.80 Å². The third-order valence-electron chi connectivity index (χ3n) is 5.97. The molecule has 0 aromatic heterocycles. The molecule has 2 aromatic carbocycles. The summed E-state index contributed by atoms with van der Waals surface area (Å²) < 4.78 is 18.2. The molecule has 152 valence electrons. The van der Waals surface area contributed by atoms with Crippen LogP contribution >= 0.6 is 0 Å². The van der Waals surface area contributed by atoms with Crippen molar-refractivity contribution in [1.29, 1.82) is 0 Å². The van der Waals surface area contributed by atoms with Crippen molar-refractivity contribution in [3.63, 3.8) is 0 Å². The maximum Gasteiger partial charge on any atom is 0.254 e. The maximum atomic E-state index is 13.2. The zero-order valence-electron chi connectivity index (χ0n) is 16.1. The number of carbonyl (C=O) groups excluding carboxylic acids is 2. The van der Waals surface area contributed by atoms with Crippen molar-refractivity contribution in [2.75, 3.05) is 33.4 Å². The second kappa shape index (κ2) is 7.57. The molecule has 2 heterocycles. The van der Waals surface area contributed by atoms with Crippen LogP contribution in [0.2, 0.25) is 0 Å². The normalized spacial score (nSPS) is 22.2. The molecule has 1 spiro atoms. The standard InChI is InChI=1S/C22H23FN2O4/c1-29-12-19(27)25-18(11-26)20(15-5-3-2-4-6-15)22(25)13-24(14-22)21(28)16-7-9-17(23)10-8-16/h2-10,18,20,26H,11-14H2,1H3/t18-,20+/m0/s1. The summed E-state index contributed by atoms with van der Waals surface area (Å²) in [5.41, 5.74) is 0.868. The lowest BCUT2D eigenvalue weighted by atomic mass is 9.60. The predicted molar refractivity (Wildman–Crippen MR) is 104 cm³/mol. The second-order valence-electron chi connectivity index (χ2n) is 7.61. The van der Waals surface area contributed by atoms with Crippen LogP contribution in [0, 0.1) is 5.82 Å². The van der Waals surface area contributed by atoms with Gasteiger partial charge in [0.25, 0.3) is 5.91 Å². The highest BCUT2D eigenvalue weighted by atomic mass is 19.1. The van der Waals surface area contributed by atoms with Gasteiger partial charge in [0.15, 0.2) is 0 Å². The number of methoxy groups -OCH3 is 1. The number of nitrogens with zero attached hydrogens (tertiary/aromatic N) is 2. The average molecular weight is 398 g/mol. The fraction of sp³-hybridized carbons (Fsp3) is 0.364. The van der Waals surface area contributed by atoms with Crippen LogP contribution in [0.4, 0.5) is 4.39 Å². The highest BCUT2D eigenvalue weighted by molar-refractivity contribution is 5.95. The van der Waals surface area contributed by atoms with E-state index in [0.29, 0.717) is 18.7 Å². The van der Waals surface area contributed by atoms with Crippen LogP contribution in [0.15, 0.2) is 54.6 Å². The van der Waals surface area contributed by atoms with E-state index in [1.807, 2.05) is 30.3 Å². The highest BCUT2D eigenvalue weighted by Crippen LogP contribution is 2.54. The lowest BCUT2D eigenvalue weighted by molar-refractivity contribution is -0.196. The first-order chi connectivity index (χ1) is 14.0. The minimum absolute atomic E-state index is 0.0771. The van der Waals surface area contributed by atoms with Crippen molar-refractivity contribution in [3.05, 3.63) is 71.5 Å². The van der Waals surface area contributed by atoms with Gasteiger partial charge in [-0.3, -0.25) is 9.59 Å². The summed E-state index contributed by atoms with van der Waals surface area (Å²) in [6, 6.07) is 14.8. The molecule has 2 aliphatic heterocycles. The number of aliphatic hydroxyl groups is 1. The lowest BCUT2D eigenvalue weighted by Crippen LogP contribution is -2.86. The minimum Gasteiger partial charge on any atom is -0.394 e. The number of carbonyl (C=O) groups is 2. The van der Waals surface area contributed by atoms with Gasteiger partial charge in [-0.25, -0.2) is 4.39 Å². The summed E-state index contributed by atoms with van der Waals surface area (Å²) in [5, 5.41) is 9.99. The van der Waals surface area contributed by atoms with E-state index >= 15 is 0 Å². The molecule has 2 aliphatic rings. The number of ether oxygens (including phenoxy) is 1. The van der Waals surface area contributed by atoms with Crippen LogP contribution < -0.4 is 0 Å². The summed E-state index contributed by atoms with van der Waals surface area (Å²) in [4.78, 5) is 28.8. The third kappa shape index (κ3) is 3.10. The van der Waals surface area contributed by atoms with Gasteiger partial charge in [-0.1, -0.05) is 30.3 Å². The molecule has 2 saturated heterocycles. The quantitative estimate of drug-likeness (QED) is 0.832. The van der Waals surface area contributed by atoms with Gasteiger partial charge in [-0.05, 0) is 29.8 Å². The molecular weight excluding hydrogens is 375 g/mol. The van der Waals surface area contributed by atoms with E-state index in [9.17, 15) is 19.1 Å². The zero-order chi connectivity index (χ0) is 20.6. The van der Waals surface area contributed by atoms with E-state index in [2.05, 4.69) is 0 Å². The molecule has 0 aliphatic carbocycles. The summed E-state index contributed by atoms with van der Waals surface area (Å²) in [7, 11) is 1.46. The number of hydrogen-bond acceptors (Lipinski definition) is 4. The number of rotatable bonds is 5. The van der Waals surface area contributed by atoms with Crippen molar-refractivity contribution in [2.45, 2.75) is 17.5 Å². The molecule has 29 heavy (non-hydrogen) atoms. The Morgan fingerprint density at radius 2 is 1.79 bits per heavy atom. The van der Waals surface area contributed by atoms with Gasteiger partial charge in [0.2, 0.25) is 5.91 Å². The van der Waals surface area contributed by atoms with Gasteiger partial charge >= 0.3 is 0 Å². The van der Waals surface area contributed by atoms with Crippen LogP contribution in [0.1, 0.15) is 21.8 Å². The fourth-order valence-electron chi connectivity index (χ4n) is 4.79. The van der Waals surface area contributed by atoms with Crippen molar-refractivity contribution in [3.8, 4) is 0 Å². The van der Waals surface area contributed by atoms with Crippen molar-refractivity contribution >= 4 is 11.8 Å². The Balaban J connectivity index is 1.60. The Labute approximate surface area is 168 Å². The smallest absolute Gasteiger partial charge is 0.254 e. The Hall–Kier alpha value is -2.77. The van der Waals surface area contributed by atoms with Crippen molar-refractivity contribution in [2.24, 2.45) is 0 Å². The first-order valence-corrected chi connectivity index (χ1v) is 9.53. The number of amides is 2. The zero-order valence-corrected chi connectivity index (χ0v) is 16.1. The first-order valence-electron chi connectivity index (χ1n) is 9.53. The number of hydrogen-bond donors (Lipinski definition) is 1. The number of aliphatic hydroxyl groups excluding tert-OH is 1. The van der Waals surface area contributed by atoms with Crippen LogP contribution in [-0.4, -0.2) is 71.7 Å². The first kappa shape index (κ1) is 19.5. The Bertz CT molecular complexity index is 897. The van der Waals surface area contributed by atoms with Gasteiger partial charge in [0, 0.05) is 31.7 Å². The minimum atomic E-state index is -0.569. The van der Waals surface area contributed by atoms with Gasteiger partial charge in [0.1, 0.15) is 12.4 Å². The summed E-state index contributed by atoms with van der Waals surface area (Å²) >= 11 is 0. The van der Waals surface area contributed by atoms with Gasteiger partial charge < -0.3 is 19.6 Å². The summed E-state index contributed by atoms with van der Waals surface area (Å²) in [5.74, 6) is -0.875. The van der Waals surface area contributed by atoms with E-state index in [4.69, 9.17) is 4.74 Å². The Kier molecular flexibility index (Phi) is 5.10. The summed E-state index contributed by atoms with van der Waals surface area (Å²) in [6.07, 6.45) is 0. The molecular formula is C22H23FN2O4. The molecule has 0 saturated carbocycles. The van der Waals surface area contributed by atoms with Gasteiger partial charge in [-0.2, -0.15) is 0 Å². The van der Waals surface area contributed by atoms with Crippen LogP contribution in [0.25, 0.3) is 0 Å². The Morgan fingerprint density at radius 1 is 1.14 bits per heavy atom. The fourth-order valence-corrected chi connectivity index (χ4v) is 4.79. The molecule has 2 amide bonds. The molecule has 0 radical (unpaired) electrons. The summed E-state index contributed by atoms with van der Waals surface area (Å²) in [6.45, 7) is 0.470. The van der Waals surface area contributed by atoms with E-state index in [-0.39, 0.29) is 37.0 Å². The molecule has 0 unspecified atom stereocenters. The maximum absolute atomic E-state index is 13.2. The van der Waals surface area contributed by atoms with E-state index < -0.39 is 11.4 Å². The molecule has 0 bridgehead atoms. The third-order valence-corrected chi connectivity index (χ3v) is 5.97. The van der Waals surface area contributed by atoms with Crippen LogP contribution in [0.5, 0.6) is 0 Å². The number of halogens is 1. The van der Waals surface area contributed by atoms with E-state index in [0.717, 1.165) is 5.56 Å². The SMILES string of the molecule is COCC(=O)N1[C@@H](CO)[C@@H](c2ccccc2)C12CN(C(=O)c1ccc(F)cc1)C2. The largest absolute Gasteiger partial charge is 0.394 e. The monoisotopic (exact) mass is 398 g/mol. The van der Waals surface area contributed by atoms with Gasteiger partial charge in [-0.15, -0.1) is 0 Å². The molecule has 6 nitrogen and oxygen atoms in total. The van der Waals surface area contributed by atoms with Crippen molar-refractivity contribution < 1.29 is 23.8 Å². The Morgan fingerprint density at radius 3 is 2.38 bits per heavy atom. The molecule has 2 atom stereocenters. The molecule has 2 fully saturated rings. The molecule has 1 N–H and O–H groups in total. The van der Waals surface area contributed by atoms with Crippen LogP contribution in [-0.2, 0) is 9.53 Å². The van der Waals surface area contributed by atoms with E-state index in [1.165, 1.54) is 31.4 Å². The number of benzene rings is 2. The molecule has 4 rings (SSSR count). The predicted octanol–water partition coefficient (Wildman–Crippen LogP) is 1.65. The highest BCUT2D eigenvalue weighted by Gasteiger charge is 2.68. The number of likely N-dealkylation sites (tertiary alicyclic amines) is 2.